The van der Waals surface area contributed by atoms with Gasteiger partial charge < -0.3 is 15.8 Å². The summed E-state index contributed by atoms with van der Waals surface area (Å²) < 4.78 is 0. The molecule has 0 saturated heterocycles. The standard InChI is InChI=1S/C12H17N3O2/c1-15(9-11(13)14-17)12(16)8-7-10-5-3-2-4-6-10/h2-6,17H,7-9H2,1H3,(H2,13,14). The molecule has 3 N–H and O–H groups in total. The third-order valence-corrected chi connectivity index (χ3v) is 2.42. The summed E-state index contributed by atoms with van der Waals surface area (Å²) >= 11 is 0. The van der Waals surface area contributed by atoms with E-state index in [9.17, 15) is 4.79 Å². The molecule has 5 nitrogen and oxygen atoms in total. The van der Waals surface area contributed by atoms with Crippen LogP contribution in [-0.4, -0.2) is 35.4 Å². The largest absolute Gasteiger partial charge is 0.409 e. The Balaban J connectivity index is 2.39. The fourth-order valence-electron chi connectivity index (χ4n) is 1.45. The number of hydrogen-bond donors (Lipinski definition) is 2. The van der Waals surface area contributed by atoms with Crippen LogP contribution < -0.4 is 5.73 Å². The van der Waals surface area contributed by atoms with Crippen LogP contribution >= 0.6 is 0 Å². The van der Waals surface area contributed by atoms with Crippen molar-refractivity contribution in [3.63, 3.8) is 0 Å². The number of rotatable bonds is 5. The Morgan fingerprint density at radius 1 is 1.41 bits per heavy atom. The van der Waals surface area contributed by atoms with Crippen LogP contribution in [0, 0.1) is 0 Å². The lowest BCUT2D eigenvalue weighted by molar-refractivity contribution is -0.129. The predicted molar refractivity (Wildman–Crippen MR) is 65.8 cm³/mol. The number of nitrogens with two attached hydrogens (primary N) is 1. The number of carbonyl (C=O) groups excluding carboxylic acids is 1. The van der Waals surface area contributed by atoms with Gasteiger partial charge in [0.25, 0.3) is 0 Å². The molecule has 17 heavy (non-hydrogen) atoms. The van der Waals surface area contributed by atoms with E-state index in [0.29, 0.717) is 12.8 Å². The van der Waals surface area contributed by atoms with Crippen molar-refractivity contribution in [1.82, 2.24) is 4.90 Å². The number of nitrogens with zero attached hydrogens (tertiary/aromatic N) is 2. The third-order valence-electron chi connectivity index (χ3n) is 2.42. The lowest BCUT2D eigenvalue weighted by Gasteiger charge is -2.15. The number of likely N-dealkylation sites (N-methyl/N-ethyl adjacent to an activating group) is 1. The molecule has 0 fully saturated rings. The summed E-state index contributed by atoms with van der Waals surface area (Å²) in [5, 5.41) is 11.2. The molecule has 0 aliphatic heterocycles. The Kier molecular flexibility index (Phi) is 5.00. The molecule has 0 heterocycles. The minimum Gasteiger partial charge on any atom is -0.409 e. The second-order valence-electron chi connectivity index (χ2n) is 3.83. The first kappa shape index (κ1) is 13.0. The van der Waals surface area contributed by atoms with E-state index < -0.39 is 0 Å². The van der Waals surface area contributed by atoms with E-state index in [2.05, 4.69) is 5.16 Å². The fraction of sp³-hybridized carbons (Fsp3) is 0.333. The molecule has 0 unspecified atom stereocenters. The first-order valence-electron chi connectivity index (χ1n) is 5.37. The van der Waals surface area contributed by atoms with Crippen LogP contribution in [0.15, 0.2) is 35.5 Å². The highest BCUT2D eigenvalue weighted by molar-refractivity contribution is 5.86. The number of oxime groups is 1. The number of hydrogen-bond acceptors (Lipinski definition) is 3. The third kappa shape index (κ3) is 4.55. The Hall–Kier alpha value is -2.04. The van der Waals surface area contributed by atoms with E-state index in [0.717, 1.165) is 5.56 Å². The van der Waals surface area contributed by atoms with Crippen molar-refractivity contribution in [2.45, 2.75) is 12.8 Å². The molecule has 1 aromatic rings. The lowest BCUT2D eigenvalue weighted by atomic mass is 10.1. The van der Waals surface area contributed by atoms with Crippen molar-refractivity contribution < 1.29 is 10.0 Å². The normalized spacial score (nSPS) is 11.2. The van der Waals surface area contributed by atoms with Gasteiger partial charge >= 0.3 is 0 Å². The van der Waals surface area contributed by atoms with Crippen LogP contribution in [0.5, 0.6) is 0 Å². The maximum atomic E-state index is 11.7. The molecule has 0 radical (unpaired) electrons. The summed E-state index contributed by atoms with van der Waals surface area (Å²) in [6, 6.07) is 9.80. The summed E-state index contributed by atoms with van der Waals surface area (Å²) in [5.74, 6) is 0.000939. The van der Waals surface area contributed by atoms with Gasteiger partial charge in [0.1, 0.15) is 0 Å². The minimum absolute atomic E-state index is 0.0274. The van der Waals surface area contributed by atoms with Gasteiger partial charge in [-0.2, -0.15) is 0 Å². The predicted octanol–water partition coefficient (Wildman–Crippen LogP) is 0.824. The SMILES string of the molecule is CN(CC(N)=NO)C(=O)CCc1ccccc1. The van der Waals surface area contributed by atoms with Crippen LogP contribution in [0.2, 0.25) is 0 Å². The molecule has 0 bridgehead atoms. The van der Waals surface area contributed by atoms with Gasteiger partial charge in [-0.3, -0.25) is 4.79 Å². The zero-order valence-electron chi connectivity index (χ0n) is 9.84. The van der Waals surface area contributed by atoms with Gasteiger partial charge in [-0.1, -0.05) is 35.5 Å². The molecule has 0 aromatic heterocycles. The topological polar surface area (TPSA) is 78.9 Å². The Morgan fingerprint density at radius 2 is 2.06 bits per heavy atom. The number of amidine groups is 1. The highest BCUT2D eigenvalue weighted by atomic mass is 16.4. The van der Waals surface area contributed by atoms with Crippen molar-refractivity contribution in [3.05, 3.63) is 35.9 Å². The molecule has 0 aliphatic rings. The second kappa shape index (κ2) is 6.52. The molecule has 0 aliphatic carbocycles. The number of carbonyl (C=O) groups is 1. The number of aryl methyl sites for hydroxylation is 1. The van der Waals surface area contributed by atoms with E-state index in [-0.39, 0.29) is 18.3 Å². The lowest BCUT2D eigenvalue weighted by Crippen LogP contribution is -2.35. The molecular formula is C12H17N3O2. The zero-order chi connectivity index (χ0) is 12.7. The average molecular weight is 235 g/mol. The van der Waals surface area contributed by atoms with Crippen molar-refractivity contribution in [2.24, 2.45) is 10.9 Å². The number of amides is 1. The maximum Gasteiger partial charge on any atom is 0.223 e. The van der Waals surface area contributed by atoms with E-state index >= 15 is 0 Å². The van der Waals surface area contributed by atoms with Crippen LogP contribution in [0.4, 0.5) is 0 Å². The monoisotopic (exact) mass is 235 g/mol. The van der Waals surface area contributed by atoms with E-state index in [4.69, 9.17) is 10.9 Å². The van der Waals surface area contributed by atoms with Gasteiger partial charge in [-0.05, 0) is 12.0 Å². The first-order chi connectivity index (χ1) is 8.13. The quantitative estimate of drug-likeness (QED) is 0.343. The van der Waals surface area contributed by atoms with Crippen molar-refractivity contribution in [3.8, 4) is 0 Å². The number of benzene rings is 1. The highest BCUT2D eigenvalue weighted by Gasteiger charge is 2.10. The molecule has 1 aromatic carbocycles. The van der Waals surface area contributed by atoms with Crippen molar-refractivity contribution >= 4 is 11.7 Å². The highest BCUT2D eigenvalue weighted by Crippen LogP contribution is 2.03. The van der Waals surface area contributed by atoms with E-state index in [1.54, 1.807) is 7.05 Å². The minimum atomic E-state index is -0.0274. The van der Waals surface area contributed by atoms with Crippen LogP contribution in [-0.2, 0) is 11.2 Å². The summed E-state index contributed by atoms with van der Waals surface area (Å²) in [4.78, 5) is 13.1. The molecule has 92 valence electrons. The zero-order valence-corrected chi connectivity index (χ0v) is 9.84. The smallest absolute Gasteiger partial charge is 0.223 e. The van der Waals surface area contributed by atoms with E-state index in [1.807, 2.05) is 30.3 Å². The second-order valence-corrected chi connectivity index (χ2v) is 3.83. The Bertz CT molecular complexity index is 390. The van der Waals surface area contributed by atoms with Gasteiger partial charge in [0.2, 0.25) is 5.91 Å². The Morgan fingerprint density at radius 3 is 2.65 bits per heavy atom. The molecule has 0 atom stereocenters. The van der Waals surface area contributed by atoms with Gasteiger partial charge in [-0.25, -0.2) is 0 Å². The van der Waals surface area contributed by atoms with Gasteiger partial charge in [-0.15, -0.1) is 0 Å². The van der Waals surface area contributed by atoms with Crippen molar-refractivity contribution in [1.29, 1.82) is 0 Å². The summed E-state index contributed by atoms with van der Waals surface area (Å²) in [5.41, 5.74) is 6.45. The fourth-order valence-corrected chi connectivity index (χ4v) is 1.45. The Labute approximate surface area is 101 Å². The molecule has 1 amide bonds. The van der Waals surface area contributed by atoms with Crippen molar-refractivity contribution in [2.75, 3.05) is 13.6 Å². The molecule has 0 saturated carbocycles. The van der Waals surface area contributed by atoms with Gasteiger partial charge in [0.05, 0.1) is 6.54 Å². The molecule has 0 spiro atoms. The van der Waals surface area contributed by atoms with Crippen LogP contribution in [0.1, 0.15) is 12.0 Å². The van der Waals surface area contributed by atoms with Crippen LogP contribution in [0.3, 0.4) is 0 Å². The summed E-state index contributed by atoms with van der Waals surface area (Å²) in [6.45, 7) is 0.143. The van der Waals surface area contributed by atoms with E-state index in [1.165, 1.54) is 4.90 Å². The molecular weight excluding hydrogens is 218 g/mol. The average Bonchev–Trinajstić information content (AvgIpc) is 2.36. The molecule has 1 rings (SSSR count). The first-order valence-corrected chi connectivity index (χ1v) is 5.37. The van der Waals surface area contributed by atoms with Gasteiger partial charge in [0, 0.05) is 13.5 Å². The molecule has 5 heteroatoms. The van der Waals surface area contributed by atoms with Crippen LogP contribution in [0.25, 0.3) is 0 Å². The van der Waals surface area contributed by atoms with Gasteiger partial charge in [0.15, 0.2) is 5.84 Å². The summed E-state index contributed by atoms with van der Waals surface area (Å²) in [6.07, 6.45) is 1.11. The maximum absolute atomic E-state index is 11.7. The summed E-state index contributed by atoms with van der Waals surface area (Å²) in [7, 11) is 1.63.